The second-order valence-electron chi connectivity index (χ2n) is 6.73. The van der Waals surface area contributed by atoms with E-state index in [1.807, 2.05) is 0 Å². The highest BCUT2D eigenvalue weighted by Gasteiger charge is 2.19. The summed E-state index contributed by atoms with van der Waals surface area (Å²) in [7, 11) is 1.74. The molecule has 1 aliphatic rings. The lowest BCUT2D eigenvalue weighted by atomic mass is 10.0. The number of methoxy groups -OCH3 is 1. The highest BCUT2D eigenvalue weighted by atomic mass is 127. The highest BCUT2D eigenvalue weighted by Crippen LogP contribution is 2.22. The molecule has 1 atom stereocenters. The van der Waals surface area contributed by atoms with E-state index in [9.17, 15) is 0 Å². The van der Waals surface area contributed by atoms with Crippen LogP contribution in [0.25, 0.3) is 0 Å². The molecule has 0 aromatic heterocycles. The number of piperidine rings is 1. The summed E-state index contributed by atoms with van der Waals surface area (Å²) in [4.78, 5) is 2.57. The lowest BCUT2D eigenvalue weighted by Crippen LogP contribution is -2.45. The molecule has 1 heterocycles. The van der Waals surface area contributed by atoms with Crippen molar-refractivity contribution in [2.45, 2.75) is 31.8 Å². The number of hydrogen-bond acceptors (Lipinski definition) is 3. The zero-order valence-electron chi connectivity index (χ0n) is 14.9. The van der Waals surface area contributed by atoms with Crippen molar-refractivity contribution >= 4 is 22.6 Å². The Morgan fingerprint density at radius 3 is 2.80 bits per heavy atom. The predicted molar refractivity (Wildman–Crippen MR) is 112 cm³/mol. The molecule has 1 N–H and O–H groups in total. The van der Waals surface area contributed by atoms with Gasteiger partial charge >= 0.3 is 0 Å². The SMILES string of the molecule is COc1cc(CCN[C@@H]2CCCN(Cc3ccccc3)C2)ccc1I. The molecule has 2 aromatic carbocycles. The zero-order chi connectivity index (χ0) is 17.5. The molecule has 1 fully saturated rings. The van der Waals surface area contributed by atoms with E-state index >= 15 is 0 Å². The van der Waals surface area contributed by atoms with Gasteiger partial charge in [0.25, 0.3) is 0 Å². The Bertz CT molecular complexity index is 662. The minimum Gasteiger partial charge on any atom is -0.496 e. The van der Waals surface area contributed by atoms with E-state index in [0.29, 0.717) is 6.04 Å². The zero-order valence-corrected chi connectivity index (χ0v) is 17.0. The average Bonchev–Trinajstić information content (AvgIpc) is 2.64. The van der Waals surface area contributed by atoms with Gasteiger partial charge in [-0.2, -0.15) is 0 Å². The van der Waals surface area contributed by atoms with Crippen molar-refractivity contribution in [1.29, 1.82) is 0 Å². The molecule has 0 radical (unpaired) electrons. The van der Waals surface area contributed by atoms with Gasteiger partial charge in [0, 0.05) is 19.1 Å². The van der Waals surface area contributed by atoms with E-state index in [1.54, 1.807) is 7.11 Å². The second-order valence-corrected chi connectivity index (χ2v) is 7.90. The fraction of sp³-hybridized carbons (Fsp3) is 0.429. The van der Waals surface area contributed by atoms with E-state index in [4.69, 9.17) is 4.74 Å². The summed E-state index contributed by atoms with van der Waals surface area (Å²) in [5.41, 5.74) is 2.75. The molecule has 134 valence electrons. The molecule has 0 saturated carbocycles. The number of benzene rings is 2. The van der Waals surface area contributed by atoms with Gasteiger partial charge in [-0.25, -0.2) is 0 Å². The Labute approximate surface area is 164 Å². The predicted octanol–water partition coefficient (Wildman–Crippen LogP) is 4.10. The van der Waals surface area contributed by atoms with E-state index < -0.39 is 0 Å². The van der Waals surface area contributed by atoms with Gasteiger partial charge in [0.05, 0.1) is 10.7 Å². The van der Waals surface area contributed by atoms with Crippen LogP contribution in [0, 0.1) is 3.57 Å². The van der Waals surface area contributed by atoms with Gasteiger partial charge in [-0.15, -0.1) is 0 Å². The lowest BCUT2D eigenvalue weighted by molar-refractivity contribution is 0.184. The first-order valence-corrected chi connectivity index (χ1v) is 10.1. The summed E-state index contributed by atoms with van der Waals surface area (Å²) < 4.78 is 6.59. The van der Waals surface area contributed by atoms with Crippen molar-refractivity contribution in [3.8, 4) is 5.75 Å². The van der Waals surface area contributed by atoms with Gasteiger partial charge in [-0.05, 0) is 78.2 Å². The van der Waals surface area contributed by atoms with Crippen molar-refractivity contribution in [3.05, 3.63) is 63.2 Å². The van der Waals surface area contributed by atoms with Gasteiger partial charge in [0.2, 0.25) is 0 Å². The topological polar surface area (TPSA) is 24.5 Å². The van der Waals surface area contributed by atoms with E-state index in [1.165, 1.54) is 34.1 Å². The summed E-state index contributed by atoms with van der Waals surface area (Å²) in [5, 5.41) is 3.75. The monoisotopic (exact) mass is 450 g/mol. The summed E-state index contributed by atoms with van der Waals surface area (Å²) in [6.45, 7) is 4.44. The molecule has 0 amide bonds. The second kappa shape index (κ2) is 9.55. The van der Waals surface area contributed by atoms with Gasteiger partial charge < -0.3 is 10.1 Å². The third-order valence-electron chi connectivity index (χ3n) is 4.82. The largest absolute Gasteiger partial charge is 0.496 e. The summed E-state index contributed by atoms with van der Waals surface area (Å²) in [6, 6.07) is 17.9. The number of hydrogen-bond donors (Lipinski definition) is 1. The van der Waals surface area contributed by atoms with E-state index in [-0.39, 0.29) is 0 Å². The summed E-state index contributed by atoms with van der Waals surface area (Å²) >= 11 is 2.31. The lowest BCUT2D eigenvalue weighted by Gasteiger charge is -2.33. The van der Waals surface area contributed by atoms with Gasteiger partial charge in [0.15, 0.2) is 0 Å². The van der Waals surface area contributed by atoms with E-state index in [0.717, 1.165) is 31.8 Å². The maximum Gasteiger partial charge on any atom is 0.132 e. The van der Waals surface area contributed by atoms with Crippen LogP contribution in [0.5, 0.6) is 5.75 Å². The number of likely N-dealkylation sites (tertiary alicyclic amines) is 1. The average molecular weight is 450 g/mol. The van der Waals surface area contributed by atoms with Crippen molar-refractivity contribution in [2.24, 2.45) is 0 Å². The number of nitrogens with zero attached hydrogens (tertiary/aromatic N) is 1. The molecule has 25 heavy (non-hydrogen) atoms. The Hall–Kier alpha value is -1.11. The van der Waals surface area contributed by atoms with Crippen LogP contribution in [-0.4, -0.2) is 37.7 Å². The molecule has 1 aliphatic heterocycles. The smallest absolute Gasteiger partial charge is 0.132 e. The molecule has 0 bridgehead atoms. The number of rotatable bonds is 7. The fourth-order valence-corrected chi connectivity index (χ4v) is 4.04. The fourth-order valence-electron chi connectivity index (χ4n) is 3.49. The van der Waals surface area contributed by atoms with Crippen molar-refractivity contribution in [2.75, 3.05) is 26.7 Å². The molecule has 4 heteroatoms. The normalized spacial score (nSPS) is 18.2. The Morgan fingerprint density at radius 2 is 2.00 bits per heavy atom. The van der Waals surface area contributed by atoms with Gasteiger partial charge in [-0.1, -0.05) is 36.4 Å². The first kappa shape index (κ1) is 18.7. The van der Waals surface area contributed by atoms with Crippen LogP contribution < -0.4 is 10.1 Å². The molecule has 0 unspecified atom stereocenters. The quantitative estimate of drug-likeness (QED) is 0.644. The summed E-state index contributed by atoms with van der Waals surface area (Å²) in [6.07, 6.45) is 3.60. The van der Waals surface area contributed by atoms with Crippen molar-refractivity contribution in [1.82, 2.24) is 10.2 Å². The minimum atomic E-state index is 0.600. The van der Waals surface area contributed by atoms with Crippen LogP contribution in [0.3, 0.4) is 0 Å². The standard InChI is InChI=1S/C21H27IN2O/c1-25-21-14-17(9-10-20(21)22)11-12-23-19-8-5-13-24(16-19)15-18-6-3-2-4-7-18/h2-4,6-7,9-10,14,19,23H,5,8,11-13,15-16H2,1H3/t19-/m1/s1. The summed E-state index contributed by atoms with van der Waals surface area (Å²) in [5.74, 6) is 0.977. The van der Waals surface area contributed by atoms with E-state index in [2.05, 4.69) is 81.3 Å². The van der Waals surface area contributed by atoms with Crippen LogP contribution >= 0.6 is 22.6 Å². The van der Waals surface area contributed by atoms with Crippen LogP contribution in [0.15, 0.2) is 48.5 Å². The van der Waals surface area contributed by atoms with Gasteiger partial charge in [-0.3, -0.25) is 4.90 Å². The van der Waals surface area contributed by atoms with Crippen LogP contribution in [-0.2, 0) is 13.0 Å². The highest BCUT2D eigenvalue weighted by molar-refractivity contribution is 14.1. The minimum absolute atomic E-state index is 0.600. The van der Waals surface area contributed by atoms with Crippen molar-refractivity contribution in [3.63, 3.8) is 0 Å². The number of ether oxygens (including phenoxy) is 1. The third-order valence-corrected chi connectivity index (χ3v) is 5.71. The van der Waals surface area contributed by atoms with Crippen LogP contribution in [0.2, 0.25) is 0 Å². The maximum absolute atomic E-state index is 5.42. The molecular formula is C21H27IN2O. The molecule has 0 aliphatic carbocycles. The van der Waals surface area contributed by atoms with Crippen molar-refractivity contribution < 1.29 is 4.74 Å². The van der Waals surface area contributed by atoms with Gasteiger partial charge in [0.1, 0.15) is 5.75 Å². The molecule has 3 rings (SSSR count). The Kier molecular flexibility index (Phi) is 7.13. The molecule has 0 spiro atoms. The first-order chi connectivity index (χ1) is 12.2. The molecule has 3 nitrogen and oxygen atoms in total. The van der Waals surface area contributed by atoms with Crippen LogP contribution in [0.1, 0.15) is 24.0 Å². The molecule has 1 saturated heterocycles. The third kappa shape index (κ3) is 5.69. The Balaban J connectivity index is 1.45. The molecular weight excluding hydrogens is 423 g/mol. The van der Waals surface area contributed by atoms with Crippen LogP contribution in [0.4, 0.5) is 0 Å². The maximum atomic E-state index is 5.42. The number of halogens is 1. The first-order valence-electron chi connectivity index (χ1n) is 9.06. The molecule has 2 aromatic rings. The number of nitrogens with one attached hydrogen (secondary N) is 1. The Morgan fingerprint density at radius 1 is 1.16 bits per heavy atom.